The first-order valence-electron chi connectivity index (χ1n) is 11.7. The Morgan fingerprint density at radius 3 is 2.05 bits per heavy atom. The molecule has 0 heterocycles. The van der Waals surface area contributed by atoms with E-state index in [1.165, 1.54) is 42.5 Å². The fourth-order valence-corrected chi connectivity index (χ4v) is 3.41. The molecule has 0 aliphatic carbocycles. The molecule has 3 aromatic carbocycles. The number of hydrogen-bond donors (Lipinski definition) is 7. The first-order chi connectivity index (χ1) is 18.6. The summed E-state index contributed by atoms with van der Waals surface area (Å²) in [6, 6.07) is 14.9. The average molecular weight is 571 g/mol. The molecule has 3 aromatic rings. The highest BCUT2D eigenvalue weighted by Crippen LogP contribution is 2.30. The molecule has 0 fully saturated rings. The smallest absolute Gasteiger partial charge is 0.336 e. The number of carboxylic acids is 1. The molecule has 12 nitrogen and oxygen atoms in total. The lowest BCUT2D eigenvalue weighted by Gasteiger charge is -2.15. The number of carbonyl (C=O) groups excluding carboxylic acids is 2. The van der Waals surface area contributed by atoms with E-state index in [0.717, 1.165) is 0 Å². The van der Waals surface area contributed by atoms with E-state index in [0.29, 0.717) is 23.9 Å². The number of phenols is 1. The van der Waals surface area contributed by atoms with Crippen molar-refractivity contribution in [3.8, 4) is 16.9 Å². The lowest BCUT2D eigenvalue weighted by atomic mass is 9.93. The Bertz CT molecular complexity index is 1540. The number of amidine groups is 1. The predicted octanol–water partition coefficient (Wildman–Crippen LogP) is 3.18. The Morgan fingerprint density at radius 2 is 1.50 bits per heavy atom. The van der Waals surface area contributed by atoms with E-state index < -0.39 is 22.0 Å². The van der Waals surface area contributed by atoms with Gasteiger partial charge >= 0.3 is 5.97 Å². The number of benzene rings is 3. The number of nitrogen functional groups attached to an aromatic ring is 1. The summed E-state index contributed by atoms with van der Waals surface area (Å²) in [4.78, 5) is 37.6. The third-order valence-electron chi connectivity index (χ3n) is 5.20. The van der Waals surface area contributed by atoms with Crippen LogP contribution in [0.3, 0.4) is 0 Å². The van der Waals surface area contributed by atoms with E-state index in [4.69, 9.17) is 15.7 Å². The molecular formula is C27H30N4O8S. The normalized spacial score (nSPS) is 10.7. The minimum absolute atomic E-state index is 0.102. The fourth-order valence-electron chi connectivity index (χ4n) is 3.41. The van der Waals surface area contributed by atoms with Crippen LogP contribution in [0.5, 0.6) is 5.75 Å². The Morgan fingerprint density at radius 1 is 0.925 bits per heavy atom. The van der Waals surface area contributed by atoms with Gasteiger partial charge in [-0.1, -0.05) is 38.1 Å². The van der Waals surface area contributed by atoms with Crippen LogP contribution in [0.25, 0.3) is 11.1 Å². The monoisotopic (exact) mass is 570 g/mol. The lowest BCUT2D eigenvalue weighted by molar-refractivity contribution is 0.0697. The summed E-state index contributed by atoms with van der Waals surface area (Å²) in [7, 11) is -3.67. The Kier molecular flexibility index (Phi) is 10.5. The Balaban J connectivity index is 0.00000103. The van der Waals surface area contributed by atoms with Gasteiger partial charge in [0.2, 0.25) is 0 Å². The number of aromatic carboxylic acids is 1. The zero-order valence-corrected chi connectivity index (χ0v) is 22.7. The molecule has 40 heavy (non-hydrogen) atoms. The Labute approximate surface area is 231 Å². The highest BCUT2D eigenvalue weighted by molar-refractivity contribution is 7.85. The first-order valence-corrected chi connectivity index (χ1v) is 13.6. The highest BCUT2D eigenvalue weighted by Gasteiger charge is 2.21. The number of rotatable bonds is 8. The number of nitrogens with one attached hydrogen (secondary N) is 3. The van der Waals surface area contributed by atoms with Gasteiger partial charge < -0.3 is 26.6 Å². The first kappa shape index (κ1) is 31.5. The third kappa shape index (κ3) is 9.22. The summed E-state index contributed by atoms with van der Waals surface area (Å²) >= 11 is 0. The van der Waals surface area contributed by atoms with Crippen molar-refractivity contribution in [2.45, 2.75) is 13.8 Å². The van der Waals surface area contributed by atoms with Crippen LogP contribution in [-0.2, 0) is 10.1 Å². The standard InChI is InChI=1S/C26H26N4O5.CH4O3S/c1-14(2)13-29-24(32)16-7-9-18(20(11-16)26(34)35)17-5-3-4-6-19(17)25(33)30-21-10-8-15(23(27)28)12-22(21)31;1-5(2,3)4/h3-12,14,31H,13H2,1-2H3,(H3,27,28)(H,29,32)(H,30,33)(H,34,35);1H3,(H,2,3,4). The van der Waals surface area contributed by atoms with Crippen molar-refractivity contribution in [3.63, 3.8) is 0 Å². The van der Waals surface area contributed by atoms with Gasteiger partial charge in [-0.2, -0.15) is 8.42 Å². The molecule has 212 valence electrons. The number of amides is 2. The molecule has 13 heteroatoms. The number of phenolic OH excluding ortho intramolecular Hbond substituents is 1. The fraction of sp³-hybridized carbons (Fsp3) is 0.185. The molecule has 8 N–H and O–H groups in total. The van der Waals surface area contributed by atoms with E-state index in [9.17, 15) is 33.0 Å². The van der Waals surface area contributed by atoms with Crippen LogP contribution in [0.15, 0.2) is 60.7 Å². The number of carboxylic acid groups (broad SMARTS) is 1. The van der Waals surface area contributed by atoms with Crippen LogP contribution in [0.1, 0.15) is 50.5 Å². The summed E-state index contributed by atoms with van der Waals surface area (Å²) in [6.45, 7) is 4.35. The van der Waals surface area contributed by atoms with Gasteiger partial charge in [-0.3, -0.25) is 19.6 Å². The summed E-state index contributed by atoms with van der Waals surface area (Å²) in [5.41, 5.74) is 6.66. The van der Waals surface area contributed by atoms with Crippen molar-refractivity contribution < 1.29 is 37.6 Å². The van der Waals surface area contributed by atoms with Crippen molar-refractivity contribution in [3.05, 3.63) is 82.9 Å². The summed E-state index contributed by atoms with van der Waals surface area (Å²) in [5.74, 6) is -2.48. The molecule has 0 radical (unpaired) electrons. The average Bonchev–Trinajstić information content (AvgIpc) is 2.86. The molecule has 3 rings (SSSR count). The molecular weight excluding hydrogens is 540 g/mol. The van der Waals surface area contributed by atoms with Gasteiger partial charge in [0.1, 0.15) is 11.6 Å². The highest BCUT2D eigenvalue weighted by atomic mass is 32.2. The number of aromatic hydroxyl groups is 1. The molecule has 0 unspecified atom stereocenters. The minimum atomic E-state index is -3.67. The van der Waals surface area contributed by atoms with E-state index in [1.807, 2.05) is 13.8 Å². The van der Waals surface area contributed by atoms with Crippen LogP contribution < -0.4 is 16.4 Å². The summed E-state index contributed by atoms with van der Waals surface area (Å²) in [5, 5.41) is 32.8. The zero-order chi connectivity index (χ0) is 30.2. The van der Waals surface area contributed by atoms with Crippen molar-refractivity contribution >= 4 is 39.4 Å². The van der Waals surface area contributed by atoms with Gasteiger partial charge in [0, 0.05) is 23.2 Å². The van der Waals surface area contributed by atoms with Gasteiger partial charge in [-0.25, -0.2) is 4.79 Å². The number of nitrogens with two attached hydrogens (primary N) is 1. The maximum atomic E-state index is 13.1. The zero-order valence-electron chi connectivity index (χ0n) is 21.9. The molecule has 0 bridgehead atoms. The summed E-state index contributed by atoms with van der Waals surface area (Å²) in [6.07, 6.45) is 0.715. The molecule has 0 aliphatic rings. The van der Waals surface area contributed by atoms with E-state index in [-0.39, 0.29) is 51.4 Å². The van der Waals surface area contributed by atoms with E-state index in [2.05, 4.69) is 10.6 Å². The van der Waals surface area contributed by atoms with Gasteiger partial charge in [-0.05, 0) is 53.4 Å². The van der Waals surface area contributed by atoms with E-state index >= 15 is 0 Å². The van der Waals surface area contributed by atoms with Crippen molar-refractivity contribution in [2.75, 3.05) is 18.1 Å². The number of anilines is 1. The van der Waals surface area contributed by atoms with Gasteiger partial charge in [0.05, 0.1) is 17.5 Å². The maximum absolute atomic E-state index is 13.1. The number of hydrogen-bond acceptors (Lipinski definition) is 7. The van der Waals surface area contributed by atoms with Gasteiger partial charge in [0.15, 0.2) is 0 Å². The summed E-state index contributed by atoms with van der Waals surface area (Å²) < 4.78 is 25.9. The second-order valence-corrected chi connectivity index (χ2v) is 10.5. The van der Waals surface area contributed by atoms with Crippen molar-refractivity contribution in [2.24, 2.45) is 11.7 Å². The van der Waals surface area contributed by atoms with Crippen LogP contribution in [0.2, 0.25) is 0 Å². The van der Waals surface area contributed by atoms with Crippen LogP contribution in [0.4, 0.5) is 5.69 Å². The molecule has 0 spiro atoms. The third-order valence-corrected chi connectivity index (χ3v) is 5.20. The molecule has 0 aromatic heterocycles. The maximum Gasteiger partial charge on any atom is 0.336 e. The van der Waals surface area contributed by atoms with Crippen LogP contribution in [0, 0.1) is 11.3 Å². The topological polar surface area (TPSA) is 220 Å². The largest absolute Gasteiger partial charge is 0.506 e. The second kappa shape index (κ2) is 13.4. The van der Waals surface area contributed by atoms with E-state index in [1.54, 1.807) is 18.2 Å². The molecule has 2 amide bonds. The van der Waals surface area contributed by atoms with Gasteiger partial charge in [0.25, 0.3) is 21.9 Å². The Hall–Kier alpha value is -4.75. The predicted molar refractivity (Wildman–Crippen MR) is 151 cm³/mol. The van der Waals surface area contributed by atoms with Gasteiger partial charge in [-0.15, -0.1) is 0 Å². The van der Waals surface area contributed by atoms with Crippen molar-refractivity contribution in [1.29, 1.82) is 5.41 Å². The second-order valence-electron chi connectivity index (χ2n) is 9.05. The molecule has 0 saturated carbocycles. The van der Waals surface area contributed by atoms with Crippen LogP contribution in [-0.4, -0.2) is 59.6 Å². The minimum Gasteiger partial charge on any atom is -0.506 e. The molecule has 0 atom stereocenters. The number of carbonyl (C=O) groups is 3. The lowest BCUT2D eigenvalue weighted by Crippen LogP contribution is -2.27. The van der Waals surface area contributed by atoms with Crippen LogP contribution >= 0.6 is 0 Å². The molecule has 0 saturated heterocycles. The quantitative estimate of drug-likeness (QED) is 0.0913. The van der Waals surface area contributed by atoms with Crippen molar-refractivity contribution in [1.82, 2.24) is 5.32 Å². The SMILES string of the molecule is CC(C)CNC(=O)c1ccc(-c2ccccc2C(=O)Nc2ccc(C(=N)N)cc2O)c(C(=O)O)c1.CS(=O)(=O)O. The molecule has 0 aliphatic heterocycles.